The number of hydrogen-bond acceptors (Lipinski definition) is 6. The summed E-state index contributed by atoms with van der Waals surface area (Å²) in [7, 11) is 0. The Kier molecular flexibility index (Phi) is 4.75. The van der Waals surface area contributed by atoms with Crippen molar-refractivity contribution in [3.05, 3.63) is 40.1 Å². The van der Waals surface area contributed by atoms with Crippen LogP contribution >= 0.6 is 34.7 Å². The number of nitrogen functional groups attached to an aromatic ring is 1. The molecule has 120 valence electrons. The summed E-state index contributed by atoms with van der Waals surface area (Å²) in [5, 5.41) is 4.54. The molecule has 0 fully saturated rings. The fourth-order valence-electron chi connectivity index (χ4n) is 2.32. The molecule has 0 radical (unpaired) electrons. The van der Waals surface area contributed by atoms with Gasteiger partial charge in [0.15, 0.2) is 5.16 Å². The minimum absolute atomic E-state index is 0.108. The maximum absolute atomic E-state index is 5.94. The van der Waals surface area contributed by atoms with Crippen LogP contribution in [0, 0.1) is 0 Å². The highest BCUT2D eigenvalue weighted by atomic mass is 35.5. The molecule has 3 aromatic rings. The topological polar surface area (TPSA) is 64.7 Å². The van der Waals surface area contributed by atoms with E-state index in [4.69, 9.17) is 17.3 Å². The van der Waals surface area contributed by atoms with Crippen molar-refractivity contribution >= 4 is 50.6 Å². The second-order valence-corrected chi connectivity index (χ2v) is 8.22. The number of aromatic nitrogens is 3. The van der Waals surface area contributed by atoms with Gasteiger partial charge in [0.1, 0.15) is 11.0 Å². The molecule has 1 unspecified atom stereocenters. The van der Waals surface area contributed by atoms with E-state index in [0.717, 1.165) is 5.69 Å². The predicted octanol–water partition coefficient (Wildman–Crippen LogP) is 5.30. The zero-order chi connectivity index (χ0) is 16.6. The average molecular weight is 365 g/mol. The monoisotopic (exact) mass is 364 g/mol. The fraction of sp³-hybridized carbons (Fsp3) is 0.312. The zero-order valence-electron chi connectivity index (χ0n) is 13.1. The molecule has 0 saturated carbocycles. The van der Waals surface area contributed by atoms with Gasteiger partial charge < -0.3 is 5.73 Å². The van der Waals surface area contributed by atoms with E-state index in [1.165, 1.54) is 27.4 Å². The van der Waals surface area contributed by atoms with Crippen molar-refractivity contribution in [2.24, 2.45) is 0 Å². The van der Waals surface area contributed by atoms with Crippen molar-refractivity contribution in [2.45, 2.75) is 37.1 Å². The van der Waals surface area contributed by atoms with Gasteiger partial charge >= 0.3 is 0 Å². The van der Waals surface area contributed by atoms with Crippen molar-refractivity contribution in [3.8, 4) is 0 Å². The van der Waals surface area contributed by atoms with Gasteiger partial charge in [-0.1, -0.05) is 37.2 Å². The molecule has 0 aromatic carbocycles. The van der Waals surface area contributed by atoms with E-state index in [-0.39, 0.29) is 5.25 Å². The number of halogens is 1. The Bertz CT molecular complexity index is 827. The number of thioether (sulfide) groups is 1. The van der Waals surface area contributed by atoms with Gasteiger partial charge in [-0.3, -0.25) is 4.98 Å². The van der Waals surface area contributed by atoms with Crippen LogP contribution < -0.4 is 5.73 Å². The van der Waals surface area contributed by atoms with Crippen molar-refractivity contribution in [3.63, 3.8) is 0 Å². The summed E-state index contributed by atoms with van der Waals surface area (Å²) < 4.78 is 1.22. The lowest BCUT2D eigenvalue weighted by atomic mass is 10.0. The molecule has 7 heteroatoms. The minimum atomic E-state index is 0.108. The lowest BCUT2D eigenvalue weighted by Gasteiger charge is -2.11. The molecule has 2 N–H and O–H groups in total. The van der Waals surface area contributed by atoms with E-state index in [2.05, 4.69) is 47.2 Å². The van der Waals surface area contributed by atoms with Crippen LogP contribution in [0.2, 0.25) is 5.15 Å². The Morgan fingerprint density at radius 1 is 1.22 bits per heavy atom. The van der Waals surface area contributed by atoms with E-state index >= 15 is 0 Å². The number of nitrogens with two attached hydrogens (primary N) is 1. The number of rotatable bonds is 4. The number of hydrogen-bond donors (Lipinski definition) is 1. The first kappa shape index (κ1) is 16.5. The summed E-state index contributed by atoms with van der Waals surface area (Å²) in [6, 6.07) is 3.72. The largest absolute Gasteiger partial charge is 0.384 e. The minimum Gasteiger partial charge on any atom is -0.384 e. The van der Waals surface area contributed by atoms with Crippen LogP contribution in [-0.2, 0) is 0 Å². The summed E-state index contributed by atoms with van der Waals surface area (Å²) in [6.45, 7) is 6.51. The average Bonchev–Trinajstić information content (AvgIpc) is 2.89. The van der Waals surface area contributed by atoms with E-state index in [0.29, 0.717) is 22.0 Å². The van der Waals surface area contributed by atoms with Gasteiger partial charge in [-0.2, -0.15) is 0 Å². The molecule has 0 aliphatic carbocycles. The van der Waals surface area contributed by atoms with Crippen LogP contribution in [0.25, 0.3) is 10.1 Å². The lowest BCUT2D eigenvalue weighted by molar-refractivity contribution is 0.879. The number of nitrogens with zero attached hydrogens (tertiary/aromatic N) is 3. The molecular formula is C16H17ClN4S2. The molecule has 0 saturated heterocycles. The van der Waals surface area contributed by atoms with Crippen molar-refractivity contribution < 1.29 is 0 Å². The lowest BCUT2D eigenvalue weighted by Crippen LogP contribution is -1.98. The summed E-state index contributed by atoms with van der Waals surface area (Å²) in [5.41, 5.74) is 8.10. The van der Waals surface area contributed by atoms with Crippen molar-refractivity contribution in [1.29, 1.82) is 0 Å². The maximum Gasteiger partial charge on any atom is 0.191 e. The molecule has 0 bridgehead atoms. The third-order valence-corrected chi connectivity index (χ3v) is 5.66. The van der Waals surface area contributed by atoms with E-state index in [1.807, 2.05) is 6.20 Å². The molecule has 23 heavy (non-hydrogen) atoms. The standard InChI is InChI=1S/C16H17ClN4S2/c1-8(2)11-7-22-13-6-19-12(4-10(11)13)9(3)23-16-20-14(17)5-15(18)21-16/h4-9H,1-3H3,(H2,18,20,21). The van der Waals surface area contributed by atoms with Crippen LogP contribution in [0.3, 0.4) is 0 Å². The van der Waals surface area contributed by atoms with Crippen LogP contribution in [0.1, 0.15) is 43.2 Å². The molecule has 3 aromatic heterocycles. The third kappa shape index (κ3) is 3.59. The number of anilines is 1. The Morgan fingerprint density at radius 3 is 2.70 bits per heavy atom. The second kappa shape index (κ2) is 6.63. The summed E-state index contributed by atoms with van der Waals surface area (Å²) in [5.74, 6) is 0.876. The zero-order valence-corrected chi connectivity index (χ0v) is 15.5. The van der Waals surface area contributed by atoms with Gasteiger partial charge in [0.2, 0.25) is 0 Å². The van der Waals surface area contributed by atoms with Gasteiger partial charge in [-0.05, 0) is 35.2 Å². The molecular weight excluding hydrogens is 348 g/mol. The van der Waals surface area contributed by atoms with Gasteiger partial charge in [-0.15, -0.1) is 11.3 Å². The predicted molar refractivity (Wildman–Crippen MR) is 99.4 cm³/mol. The molecule has 1 atom stereocenters. The first-order valence-corrected chi connectivity index (χ1v) is 9.41. The Hall–Kier alpha value is -1.37. The Labute approximate surface area is 148 Å². The van der Waals surface area contributed by atoms with E-state index in [9.17, 15) is 0 Å². The number of thiophene rings is 1. The highest BCUT2D eigenvalue weighted by Crippen LogP contribution is 2.36. The Balaban J connectivity index is 1.91. The first-order chi connectivity index (χ1) is 10.9. The van der Waals surface area contributed by atoms with Crippen molar-refractivity contribution in [2.75, 3.05) is 5.73 Å². The molecule has 0 amide bonds. The smallest absolute Gasteiger partial charge is 0.191 e. The highest BCUT2D eigenvalue weighted by molar-refractivity contribution is 7.99. The van der Waals surface area contributed by atoms with Gasteiger partial charge in [0, 0.05) is 12.3 Å². The summed E-state index contributed by atoms with van der Waals surface area (Å²) >= 11 is 9.19. The number of pyridine rings is 1. The van der Waals surface area contributed by atoms with Gasteiger partial charge in [0.05, 0.1) is 15.6 Å². The molecule has 4 nitrogen and oxygen atoms in total. The highest BCUT2D eigenvalue weighted by Gasteiger charge is 2.15. The molecule has 0 aliphatic rings. The molecule has 0 spiro atoms. The van der Waals surface area contributed by atoms with Crippen LogP contribution in [0.5, 0.6) is 0 Å². The molecule has 3 rings (SSSR count). The third-order valence-electron chi connectivity index (χ3n) is 3.53. The summed E-state index contributed by atoms with van der Waals surface area (Å²) in [6.07, 6.45) is 1.95. The summed E-state index contributed by atoms with van der Waals surface area (Å²) in [4.78, 5) is 13.0. The van der Waals surface area contributed by atoms with Crippen LogP contribution in [0.15, 0.2) is 28.9 Å². The quantitative estimate of drug-likeness (QED) is 0.386. The van der Waals surface area contributed by atoms with Gasteiger partial charge in [-0.25, -0.2) is 9.97 Å². The normalized spacial score (nSPS) is 12.9. The molecule has 0 aliphatic heterocycles. The molecule has 3 heterocycles. The fourth-order valence-corrected chi connectivity index (χ4v) is 4.51. The van der Waals surface area contributed by atoms with Gasteiger partial charge in [0.25, 0.3) is 0 Å². The maximum atomic E-state index is 5.94. The SMILES string of the molecule is CC(C)c1csc2cnc(C(C)Sc3nc(N)cc(Cl)n3)cc12. The second-order valence-electron chi connectivity index (χ2n) is 5.61. The number of fused-ring (bicyclic) bond motifs is 1. The van der Waals surface area contributed by atoms with Crippen molar-refractivity contribution in [1.82, 2.24) is 15.0 Å². The van der Waals surface area contributed by atoms with E-state index in [1.54, 1.807) is 17.4 Å². The van der Waals surface area contributed by atoms with Crippen LogP contribution in [-0.4, -0.2) is 15.0 Å². The first-order valence-electron chi connectivity index (χ1n) is 7.27. The van der Waals surface area contributed by atoms with E-state index < -0.39 is 0 Å². The van der Waals surface area contributed by atoms with Crippen LogP contribution in [0.4, 0.5) is 5.82 Å². The Morgan fingerprint density at radius 2 is 2.00 bits per heavy atom.